The second kappa shape index (κ2) is 6.03. The van der Waals surface area contributed by atoms with Gasteiger partial charge in [-0.15, -0.1) is 0 Å². The summed E-state index contributed by atoms with van der Waals surface area (Å²) in [6.45, 7) is 0. The van der Waals surface area contributed by atoms with Gasteiger partial charge in [0.15, 0.2) is 5.78 Å². The molecule has 3 N–H and O–H groups in total. The van der Waals surface area contributed by atoms with Crippen molar-refractivity contribution < 1.29 is 9.21 Å². The summed E-state index contributed by atoms with van der Waals surface area (Å²) < 4.78 is 5.52. The number of aromatic nitrogens is 2. The van der Waals surface area contributed by atoms with Gasteiger partial charge in [0.05, 0.1) is 11.8 Å². The molecule has 2 atom stereocenters. The van der Waals surface area contributed by atoms with Crippen LogP contribution in [0.5, 0.6) is 0 Å². The number of Topliss-reactive ketones (excluding diaryl/α,β-unsaturated/α-hetero) is 1. The zero-order valence-corrected chi connectivity index (χ0v) is 15.0. The smallest absolute Gasteiger partial charge is 0.270 e. The number of benzene rings is 1. The van der Waals surface area contributed by atoms with E-state index >= 15 is 0 Å². The Morgan fingerprint density at radius 3 is 2.74 bits per heavy atom. The number of halogens is 1. The van der Waals surface area contributed by atoms with Gasteiger partial charge in [0.1, 0.15) is 11.6 Å². The highest BCUT2D eigenvalue weighted by Gasteiger charge is 2.40. The summed E-state index contributed by atoms with van der Waals surface area (Å²) in [5.41, 5.74) is 2.56. The Hall–Kier alpha value is -2.99. The number of aromatic amines is 2. The van der Waals surface area contributed by atoms with Gasteiger partial charge < -0.3 is 9.73 Å². The van der Waals surface area contributed by atoms with Crippen molar-refractivity contribution in [3.05, 3.63) is 86.2 Å². The predicted octanol–water partition coefficient (Wildman–Crippen LogP) is 3.91. The second-order valence-corrected chi connectivity index (χ2v) is 7.35. The minimum atomic E-state index is -0.449. The molecular weight excluding hydrogens is 366 g/mol. The maximum atomic E-state index is 13.2. The summed E-state index contributed by atoms with van der Waals surface area (Å²) in [6, 6.07) is 11.0. The van der Waals surface area contributed by atoms with E-state index in [0.29, 0.717) is 34.8 Å². The quantitative estimate of drug-likeness (QED) is 0.627. The number of allylic oxidation sites excluding steroid dienone is 2. The van der Waals surface area contributed by atoms with Crippen molar-refractivity contribution in [1.29, 1.82) is 0 Å². The summed E-state index contributed by atoms with van der Waals surface area (Å²) in [4.78, 5) is 25.6. The lowest BCUT2D eigenvalue weighted by Crippen LogP contribution is -2.31. The third-order valence-electron chi connectivity index (χ3n) is 5.30. The standard InChI is InChI=1S/C20H16ClN3O3/c21-12-4-1-3-10(7-12)16-17-13(22-19-18(16)20(26)24-23-19)8-11(9-14(17)25)15-5-2-6-27-15/h1-7,11,16H,8-9H2,(H3,22,23,24,26)/t11-,16+/m1/s1. The van der Waals surface area contributed by atoms with E-state index in [2.05, 4.69) is 15.5 Å². The first-order chi connectivity index (χ1) is 13.1. The largest absolute Gasteiger partial charge is 0.469 e. The highest BCUT2D eigenvalue weighted by molar-refractivity contribution is 6.30. The van der Waals surface area contributed by atoms with Crippen molar-refractivity contribution in [2.75, 3.05) is 5.32 Å². The highest BCUT2D eigenvalue weighted by atomic mass is 35.5. The fourth-order valence-corrected chi connectivity index (χ4v) is 4.36. The molecule has 0 saturated heterocycles. The monoisotopic (exact) mass is 381 g/mol. The summed E-state index contributed by atoms with van der Waals surface area (Å²) in [5, 5.41) is 9.33. The summed E-state index contributed by atoms with van der Waals surface area (Å²) in [7, 11) is 0. The Morgan fingerprint density at radius 1 is 1.07 bits per heavy atom. The molecule has 0 radical (unpaired) electrons. The average Bonchev–Trinajstić information content (AvgIpc) is 3.30. The number of carbonyl (C=O) groups is 1. The van der Waals surface area contributed by atoms with Gasteiger partial charge in [-0.3, -0.25) is 19.8 Å². The molecule has 0 spiro atoms. The van der Waals surface area contributed by atoms with Crippen molar-refractivity contribution >= 4 is 23.2 Å². The van der Waals surface area contributed by atoms with Gasteiger partial charge in [-0.1, -0.05) is 23.7 Å². The van der Waals surface area contributed by atoms with E-state index in [1.165, 1.54) is 0 Å². The third kappa shape index (κ3) is 2.56. The van der Waals surface area contributed by atoms with Gasteiger partial charge in [-0.25, -0.2) is 0 Å². The van der Waals surface area contributed by atoms with Gasteiger partial charge in [0.25, 0.3) is 5.56 Å². The molecule has 1 aliphatic carbocycles. The number of furan rings is 1. The van der Waals surface area contributed by atoms with Crippen LogP contribution < -0.4 is 10.9 Å². The number of anilines is 1. The van der Waals surface area contributed by atoms with Crippen LogP contribution >= 0.6 is 11.6 Å². The topological polar surface area (TPSA) is 90.9 Å². The number of carbonyl (C=O) groups excluding carboxylic acids is 1. The minimum Gasteiger partial charge on any atom is -0.469 e. The SMILES string of the molecule is O=C1C[C@H](c2ccco2)CC2=C1[C@H](c1cccc(Cl)c1)c1c([nH][nH]c1=O)N2. The summed E-state index contributed by atoms with van der Waals surface area (Å²) in [5.74, 6) is 0.934. The fraction of sp³-hybridized carbons (Fsp3) is 0.200. The predicted molar refractivity (Wildman–Crippen MR) is 101 cm³/mol. The number of hydrogen-bond acceptors (Lipinski definition) is 4. The first-order valence-electron chi connectivity index (χ1n) is 8.74. The van der Waals surface area contributed by atoms with Crippen molar-refractivity contribution in [2.24, 2.45) is 0 Å². The Balaban J connectivity index is 1.67. The zero-order chi connectivity index (χ0) is 18.5. The molecule has 2 aliphatic rings. The molecule has 7 heteroatoms. The molecule has 1 aliphatic heterocycles. The zero-order valence-electron chi connectivity index (χ0n) is 14.2. The molecule has 27 heavy (non-hydrogen) atoms. The molecule has 5 rings (SSSR count). The minimum absolute atomic E-state index is 0.0152. The Morgan fingerprint density at radius 2 is 1.96 bits per heavy atom. The van der Waals surface area contributed by atoms with Gasteiger partial charge in [-0.2, -0.15) is 0 Å². The molecular formula is C20H16ClN3O3. The lowest BCUT2D eigenvalue weighted by atomic mass is 9.74. The van der Waals surface area contributed by atoms with Crippen LogP contribution in [0.2, 0.25) is 5.02 Å². The molecule has 3 heterocycles. The molecule has 0 bridgehead atoms. The number of H-pyrrole nitrogens is 2. The normalized spacial score (nSPS) is 21.6. The Labute approximate surface area is 159 Å². The maximum Gasteiger partial charge on any atom is 0.270 e. The fourth-order valence-electron chi connectivity index (χ4n) is 4.17. The van der Waals surface area contributed by atoms with Crippen LogP contribution in [0.25, 0.3) is 0 Å². The molecule has 0 saturated carbocycles. The third-order valence-corrected chi connectivity index (χ3v) is 5.54. The van der Waals surface area contributed by atoms with Gasteiger partial charge in [0.2, 0.25) is 0 Å². The Kier molecular flexibility index (Phi) is 3.62. The molecule has 3 aromatic rings. The lowest BCUT2D eigenvalue weighted by Gasteiger charge is -2.33. The first kappa shape index (κ1) is 16.2. The van der Waals surface area contributed by atoms with Gasteiger partial charge >= 0.3 is 0 Å². The van der Waals surface area contributed by atoms with E-state index in [1.807, 2.05) is 30.3 Å². The van der Waals surface area contributed by atoms with Crippen LogP contribution in [0.15, 0.2) is 63.1 Å². The molecule has 0 unspecified atom stereocenters. The summed E-state index contributed by atoms with van der Waals surface area (Å²) >= 11 is 6.18. The number of nitrogens with one attached hydrogen (secondary N) is 3. The van der Waals surface area contributed by atoms with Crippen molar-refractivity contribution in [3.63, 3.8) is 0 Å². The molecule has 0 amide bonds. The van der Waals surface area contributed by atoms with Crippen LogP contribution in [-0.4, -0.2) is 16.0 Å². The summed E-state index contributed by atoms with van der Waals surface area (Å²) in [6.07, 6.45) is 2.61. The van der Waals surface area contributed by atoms with E-state index < -0.39 is 5.92 Å². The van der Waals surface area contributed by atoms with E-state index in [4.69, 9.17) is 16.0 Å². The highest BCUT2D eigenvalue weighted by Crippen LogP contribution is 2.46. The van der Waals surface area contributed by atoms with E-state index in [0.717, 1.165) is 17.0 Å². The maximum absolute atomic E-state index is 13.2. The van der Waals surface area contributed by atoms with E-state index in [1.54, 1.807) is 12.3 Å². The molecule has 136 valence electrons. The Bertz CT molecular complexity index is 1120. The van der Waals surface area contributed by atoms with E-state index in [-0.39, 0.29) is 17.3 Å². The molecule has 0 fully saturated rings. The molecule has 6 nitrogen and oxygen atoms in total. The van der Waals surface area contributed by atoms with Crippen molar-refractivity contribution in [3.8, 4) is 0 Å². The molecule has 1 aromatic carbocycles. The van der Waals surface area contributed by atoms with Crippen LogP contribution in [0.3, 0.4) is 0 Å². The molecule has 2 aromatic heterocycles. The van der Waals surface area contributed by atoms with Crippen LogP contribution in [0.1, 0.15) is 41.6 Å². The van der Waals surface area contributed by atoms with E-state index in [9.17, 15) is 9.59 Å². The number of hydrogen-bond donors (Lipinski definition) is 3. The van der Waals surface area contributed by atoms with Gasteiger partial charge in [-0.05, 0) is 36.2 Å². The lowest BCUT2D eigenvalue weighted by molar-refractivity contribution is -0.116. The van der Waals surface area contributed by atoms with Crippen molar-refractivity contribution in [1.82, 2.24) is 10.2 Å². The van der Waals surface area contributed by atoms with Crippen molar-refractivity contribution in [2.45, 2.75) is 24.7 Å². The number of rotatable bonds is 2. The van der Waals surface area contributed by atoms with Crippen LogP contribution in [0, 0.1) is 0 Å². The van der Waals surface area contributed by atoms with Crippen LogP contribution in [-0.2, 0) is 4.79 Å². The van der Waals surface area contributed by atoms with Crippen LogP contribution in [0.4, 0.5) is 5.82 Å². The second-order valence-electron chi connectivity index (χ2n) is 6.92. The number of fused-ring (bicyclic) bond motifs is 1. The average molecular weight is 382 g/mol. The van der Waals surface area contributed by atoms with Gasteiger partial charge in [0, 0.05) is 34.5 Å². The first-order valence-corrected chi connectivity index (χ1v) is 9.12. The number of ketones is 1.